The Bertz CT molecular complexity index is 885. The Morgan fingerprint density at radius 1 is 1.09 bits per heavy atom. The highest BCUT2D eigenvalue weighted by Crippen LogP contribution is 2.27. The van der Waals surface area contributed by atoms with Gasteiger partial charge in [0.2, 0.25) is 0 Å². The van der Waals surface area contributed by atoms with E-state index in [9.17, 15) is 4.79 Å². The summed E-state index contributed by atoms with van der Waals surface area (Å²) in [4.78, 5) is 14.7. The third kappa shape index (κ3) is 3.54. The molecule has 0 N–H and O–H groups in total. The molecule has 2 aromatic carbocycles. The van der Waals surface area contributed by atoms with Gasteiger partial charge in [-0.25, -0.2) is 0 Å². The molecule has 0 fully saturated rings. The second-order valence-electron chi connectivity index (χ2n) is 6.26. The molecule has 0 bridgehead atoms. The maximum Gasteiger partial charge on any atom is 0.195 e. The number of hydrogen-bond donors (Lipinski definition) is 0. The molecule has 23 heavy (non-hydrogen) atoms. The molecule has 0 aliphatic heterocycles. The lowest BCUT2D eigenvalue weighted by Crippen LogP contribution is -2.24. The molecule has 120 valence electrons. The largest absolute Gasteiger partial charge is 0.493 e. The van der Waals surface area contributed by atoms with E-state index in [2.05, 4.69) is 25.9 Å². The van der Waals surface area contributed by atoms with Crippen LogP contribution in [-0.2, 0) is 0 Å². The van der Waals surface area contributed by atoms with E-state index in [1.807, 2.05) is 42.5 Å². The van der Waals surface area contributed by atoms with E-state index < -0.39 is 0 Å². The van der Waals surface area contributed by atoms with Crippen LogP contribution in [0, 0.1) is 5.92 Å². The van der Waals surface area contributed by atoms with Crippen LogP contribution in [0.5, 0.6) is 5.75 Å². The number of hydrogen-bond acceptors (Lipinski definition) is 4. The van der Waals surface area contributed by atoms with Gasteiger partial charge in [0, 0.05) is 32.6 Å². The van der Waals surface area contributed by atoms with E-state index in [4.69, 9.17) is 4.74 Å². The highest BCUT2D eigenvalue weighted by atomic mass is 32.1. The topological polar surface area (TPSA) is 29.5 Å². The first-order valence-electron chi connectivity index (χ1n) is 7.78. The summed E-state index contributed by atoms with van der Waals surface area (Å²) in [6, 6.07) is 13.5. The van der Waals surface area contributed by atoms with E-state index in [1.165, 1.54) is 0 Å². The second-order valence-corrected chi connectivity index (χ2v) is 7.35. The second kappa shape index (κ2) is 6.69. The normalized spacial score (nSPS) is 12.9. The number of nitrogens with zero attached hydrogens (tertiary/aromatic N) is 1. The van der Waals surface area contributed by atoms with Crippen molar-refractivity contribution in [2.24, 2.45) is 5.92 Å². The minimum absolute atomic E-state index is 0.0990. The van der Waals surface area contributed by atoms with Gasteiger partial charge in [0.25, 0.3) is 0 Å². The maximum absolute atomic E-state index is 12.5. The summed E-state index contributed by atoms with van der Waals surface area (Å²) in [5.41, 5.74) is 0.0990. The molecule has 3 nitrogen and oxygen atoms in total. The van der Waals surface area contributed by atoms with E-state index >= 15 is 0 Å². The fourth-order valence-electron chi connectivity index (χ4n) is 2.79. The average molecular weight is 327 g/mol. The average Bonchev–Trinajstić information content (AvgIpc) is 2.52. The van der Waals surface area contributed by atoms with Crippen LogP contribution in [0.3, 0.4) is 0 Å². The Hall–Kier alpha value is -1.91. The summed E-state index contributed by atoms with van der Waals surface area (Å²) in [5.74, 6) is 1.28. The highest BCUT2D eigenvalue weighted by molar-refractivity contribution is 7.24. The fraction of sp³-hybridized carbons (Fsp3) is 0.316. The van der Waals surface area contributed by atoms with Gasteiger partial charge in [-0.1, -0.05) is 19.1 Å². The molecule has 0 aliphatic rings. The molecule has 3 aromatic rings. The molecule has 1 aromatic heterocycles. The minimum atomic E-state index is 0.0990. The van der Waals surface area contributed by atoms with Crippen molar-refractivity contribution in [3.05, 3.63) is 52.7 Å². The van der Waals surface area contributed by atoms with Gasteiger partial charge in [-0.2, -0.15) is 0 Å². The van der Waals surface area contributed by atoms with Crippen molar-refractivity contribution < 1.29 is 4.74 Å². The van der Waals surface area contributed by atoms with Crippen molar-refractivity contribution in [1.29, 1.82) is 0 Å². The summed E-state index contributed by atoms with van der Waals surface area (Å²) in [6.07, 6.45) is 0. The third-order valence-corrected chi connectivity index (χ3v) is 4.89. The van der Waals surface area contributed by atoms with Gasteiger partial charge >= 0.3 is 0 Å². The third-order valence-electron chi connectivity index (χ3n) is 3.76. The molecule has 1 heterocycles. The number of benzene rings is 2. The zero-order valence-electron chi connectivity index (χ0n) is 13.7. The molecule has 0 saturated carbocycles. The van der Waals surface area contributed by atoms with Crippen molar-refractivity contribution in [2.45, 2.75) is 6.92 Å². The Morgan fingerprint density at radius 3 is 2.61 bits per heavy atom. The summed E-state index contributed by atoms with van der Waals surface area (Å²) >= 11 is 1.64. The molecular weight excluding hydrogens is 306 g/mol. The van der Waals surface area contributed by atoms with Crippen LogP contribution in [0.15, 0.2) is 47.3 Å². The van der Waals surface area contributed by atoms with Crippen LogP contribution in [0.25, 0.3) is 20.2 Å². The van der Waals surface area contributed by atoms with Crippen molar-refractivity contribution in [3.63, 3.8) is 0 Å². The first-order chi connectivity index (χ1) is 11.0. The maximum atomic E-state index is 12.5. The minimum Gasteiger partial charge on any atom is -0.493 e. The van der Waals surface area contributed by atoms with Gasteiger partial charge < -0.3 is 9.64 Å². The Kier molecular flexibility index (Phi) is 4.64. The lowest BCUT2D eigenvalue weighted by atomic mass is 10.2. The van der Waals surface area contributed by atoms with Gasteiger partial charge in [0.15, 0.2) is 5.43 Å². The van der Waals surface area contributed by atoms with Crippen molar-refractivity contribution in [2.75, 3.05) is 27.2 Å². The van der Waals surface area contributed by atoms with Crippen molar-refractivity contribution in [3.8, 4) is 5.75 Å². The summed E-state index contributed by atoms with van der Waals surface area (Å²) in [5, 5.41) is 1.56. The van der Waals surface area contributed by atoms with Crippen LogP contribution >= 0.6 is 11.3 Å². The molecule has 1 unspecified atom stereocenters. The standard InChI is InChI=1S/C19H21NO2S/c1-13(11-20(2)3)12-22-14-8-9-16-18(10-14)23-17-7-5-4-6-15(17)19(16)21/h4-10,13H,11-12H2,1-3H3. The predicted octanol–water partition coefficient (Wildman–Crippen LogP) is 3.99. The van der Waals surface area contributed by atoms with Crippen LogP contribution in [0.4, 0.5) is 0 Å². The van der Waals surface area contributed by atoms with Gasteiger partial charge in [0.05, 0.1) is 6.61 Å². The van der Waals surface area contributed by atoms with Gasteiger partial charge in [-0.15, -0.1) is 11.3 Å². The molecule has 0 amide bonds. The predicted molar refractivity (Wildman–Crippen MR) is 98.8 cm³/mol. The molecule has 0 spiro atoms. The summed E-state index contributed by atoms with van der Waals surface area (Å²) in [7, 11) is 4.13. The number of fused-ring (bicyclic) bond motifs is 2. The summed E-state index contributed by atoms with van der Waals surface area (Å²) in [6.45, 7) is 3.84. The first kappa shape index (κ1) is 16.0. The molecule has 1 atom stereocenters. The van der Waals surface area contributed by atoms with E-state index in [0.29, 0.717) is 12.5 Å². The highest BCUT2D eigenvalue weighted by Gasteiger charge is 2.08. The molecule has 4 heteroatoms. The van der Waals surface area contributed by atoms with Gasteiger partial charge in [0.1, 0.15) is 5.75 Å². The SMILES string of the molecule is CC(COc1ccc2c(=O)c3ccccc3sc2c1)CN(C)C. The Balaban J connectivity index is 1.90. The van der Waals surface area contributed by atoms with Crippen LogP contribution in [-0.4, -0.2) is 32.1 Å². The Labute approximate surface area is 140 Å². The monoisotopic (exact) mass is 327 g/mol. The van der Waals surface area contributed by atoms with Crippen molar-refractivity contribution >= 4 is 31.5 Å². The van der Waals surface area contributed by atoms with Crippen molar-refractivity contribution in [1.82, 2.24) is 4.90 Å². The number of ether oxygens (including phenoxy) is 1. The quantitative estimate of drug-likeness (QED) is 0.664. The van der Waals surface area contributed by atoms with Crippen LogP contribution in [0.1, 0.15) is 6.92 Å². The molecule has 0 aliphatic carbocycles. The van der Waals surface area contributed by atoms with E-state index in [-0.39, 0.29) is 5.43 Å². The zero-order chi connectivity index (χ0) is 16.4. The molecular formula is C19H21NO2S. The first-order valence-corrected chi connectivity index (χ1v) is 8.59. The zero-order valence-corrected chi connectivity index (χ0v) is 14.5. The smallest absolute Gasteiger partial charge is 0.195 e. The van der Waals surface area contributed by atoms with Gasteiger partial charge in [-0.05, 0) is 44.4 Å². The number of rotatable bonds is 5. The van der Waals surface area contributed by atoms with E-state index in [0.717, 1.165) is 32.5 Å². The molecule has 3 rings (SSSR count). The molecule has 0 saturated heterocycles. The Morgan fingerprint density at radius 2 is 1.83 bits per heavy atom. The van der Waals surface area contributed by atoms with Gasteiger partial charge in [-0.3, -0.25) is 4.79 Å². The van der Waals surface area contributed by atoms with E-state index in [1.54, 1.807) is 11.3 Å². The fourth-order valence-corrected chi connectivity index (χ4v) is 3.89. The lowest BCUT2D eigenvalue weighted by molar-refractivity contribution is 0.222. The molecule has 0 radical (unpaired) electrons. The lowest BCUT2D eigenvalue weighted by Gasteiger charge is -2.17. The van der Waals surface area contributed by atoms with Crippen LogP contribution in [0.2, 0.25) is 0 Å². The van der Waals surface area contributed by atoms with Crippen LogP contribution < -0.4 is 10.2 Å². The summed E-state index contributed by atoms with van der Waals surface area (Å²) < 4.78 is 7.90.